The highest BCUT2D eigenvalue weighted by Crippen LogP contribution is 2.43. The predicted molar refractivity (Wildman–Crippen MR) is 257 cm³/mol. The first-order valence-corrected chi connectivity index (χ1v) is 23.0. The fraction of sp³-hybridized carbons (Fsp3) is 0.571. The smallest absolute Gasteiger partial charge is 0.324 e. The van der Waals surface area contributed by atoms with Gasteiger partial charge in [-0.1, -0.05) is 19.9 Å². The largest absolute Gasteiger partial charge is 0.464 e. The van der Waals surface area contributed by atoms with Gasteiger partial charge in [-0.25, -0.2) is 23.5 Å². The quantitative estimate of drug-likeness (QED) is 0.223. The minimum Gasteiger partial charge on any atom is -0.464 e. The van der Waals surface area contributed by atoms with Gasteiger partial charge in [0.15, 0.2) is 0 Å². The number of aromatic nitrogens is 3. The molecule has 336 valence electrons. The normalized spacial score (nSPS) is 21.7. The lowest BCUT2D eigenvalue weighted by Gasteiger charge is -2.35. The Kier molecular flexibility index (Phi) is 16.0. The number of anilines is 1. The van der Waals surface area contributed by atoms with Gasteiger partial charge in [-0.05, 0) is 76.8 Å². The highest BCUT2D eigenvalue weighted by atomic mass is 32.2. The number of nitrogens with one attached hydrogen (secondary N) is 2. The number of rotatable bonds is 8. The van der Waals surface area contributed by atoms with Crippen molar-refractivity contribution >= 4 is 90.3 Å². The molecule has 6 heterocycles. The molecule has 6 bridgehead atoms. The maximum atomic E-state index is 14.1. The van der Waals surface area contributed by atoms with Crippen LogP contribution in [0, 0.1) is 5.41 Å². The van der Waals surface area contributed by atoms with E-state index in [1.54, 1.807) is 7.11 Å². The van der Waals surface area contributed by atoms with Crippen LogP contribution >= 0.6 is 51.8 Å². The first-order chi connectivity index (χ1) is 27.7. The maximum absolute atomic E-state index is 14.1. The molecule has 3 fully saturated rings. The van der Waals surface area contributed by atoms with E-state index in [0.717, 1.165) is 76.5 Å². The van der Waals surface area contributed by atoms with E-state index < -0.39 is 44.6 Å². The van der Waals surface area contributed by atoms with Crippen LogP contribution in [0.3, 0.4) is 0 Å². The number of esters is 1. The molecular formula is C42H62N8O6S5. The maximum Gasteiger partial charge on any atom is 0.324 e. The van der Waals surface area contributed by atoms with Gasteiger partial charge in [0.05, 0.1) is 51.9 Å². The Morgan fingerprint density at radius 1 is 1.07 bits per heavy atom. The van der Waals surface area contributed by atoms with E-state index in [4.69, 9.17) is 19.4 Å². The number of thiazole rings is 1. The van der Waals surface area contributed by atoms with Crippen molar-refractivity contribution in [1.29, 1.82) is 0 Å². The van der Waals surface area contributed by atoms with Crippen LogP contribution in [0.5, 0.6) is 0 Å². The third-order valence-corrected chi connectivity index (χ3v) is 14.9. The van der Waals surface area contributed by atoms with Crippen molar-refractivity contribution in [3.8, 4) is 22.5 Å². The molecule has 4 aromatic rings. The number of hydrogen-bond donors (Lipinski definition) is 2. The van der Waals surface area contributed by atoms with Gasteiger partial charge >= 0.3 is 5.97 Å². The summed E-state index contributed by atoms with van der Waals surface area (Å²) in [5.41, 5.74) is 10.5. The number of amides is 1. The second-order valence-electron chi connectivity index (χ2n) is 17.1. The van der Waals surface area contributed by atoms with E-state index in [0.29, 0.717) is 50.2 Å². The van der Waals surface area contributed by atoms with Crippen LogP contribution < -0.4 is 15.0 Å². The van der Waals surface area contributed by atoms with E-state index in [-0.39, 0.29) is 59.6 Å². The van der Waals surface area contributed by atoms with Gasteiger partial charge in [0, 0.05) is 85.6 Å². The zero-order valence-corrected chi connectivity index (χ0v) is 40.5. The molecule has 2 N–H and O–H groups in total. The molecule has 0 spiro atoms. The lowest BCUT2D eigenvalue weighted by molar-refractivity contribution is -0.155. The minimum atomic E-state index is -3.72. The molecule has 0 unspecified atom stereocenters. The van der Waals surface area contributed by atoms with E-state index in [1.807, 2.05) is 18.5 Å². The van der Waals surface area contributed by atoms with Crippen molar-refractivity contribution < 1.29 is 27.5 Å². The number of benzene rings is 1. The number of carbonyl (C=O) groups excluding carboxylic acids is 2. The Hall–Kier alpha value is -2.88. The average Bonchev–Trinajstić information content (AvgIpc) is 3.93. The summed E-state index contributed by atoms with van der Waals surface area (Å²) in [6.07, 6.45) is 4.58. The fourth-order valence-electron chi connectivity index (χ4n) is 8.49. The van der Waals surface area contributed by atoms with Crippen LogP contribution in [-0.2, 0) is 48.5 Å². The standard InChI is InChI=1S/C42H56N8O6S2.3H2S/c1-7-49-36-13-10-27-19-30(36)32(39(49)31-20-28(23-43-38(31)26(2)55-6)48-17-15-47(5)16-18-48)22-42(3,4)25-56-41(52)33-9-8-14-50(45-33)40(51)34(21-37-44-35(27)24-57-37)46-58(53,54)29-11-12-29;;;/h10,13,19-20,23-24,26,29,33-34,45-46H,7-9,11-12,14-18,21-22,25H2,1-6H3;3*1H2/t26-,33-,34-;;;/m0.../s1. The summed E-state index contributed by atoms with van der Waals surface area (Å²) in [6.45, 7) is 13.4. The second kappa shape index (κ2) is 19.9. The second-order valence-corrected chi connectivity index (χ2v) is 20.0. The van der Waals surface area contributed by atoms with Crippen LogP contribution in [0.4, 0.5) is 5.69 Å². The van der Waals surface area contributed by atoms with Gasteiger partial charge < -0.3 is 23.8 Å². The van der Waals surface area contributed by atoms with Gasteiger partial charge in [0.1, 0.15) is 12.1 Å². The molecule has 2 saturated heterocycles. The Balaban J connectivity index is 0.00000235. The number of ether oxygens (including phenoxy) is 2. The molecule has 3 aromatic heterocycles. The minimum absolute atomic E-state index is 0. The monoisotopic (exact) mass is 934 g/mol. The SMILES string of the molecule is CCn1c(-c2cc(N3CCN(C)CC3)cnc2[C@H](C)OC)c2c3cc(ccc31)-c1csc(n1)C[C@H](NS(=O)(=O)C1CC1)C(=O)N1CCC[C@H](N1)C(=O)OCC(C)(C)C2.S.S.S. The van der Waals surface area contributed by atoms with Crippen LogP contribution in [0.15, 0.2) is 35.8 Å². The molecule has 61 heavy (non-hydrogen) atoms. The zero-order chi connectivity index (χ0) is 40.9. The number of piperazine rings is 1. The summed E-state index contributed by atoms with van der Waals surface area (Å²) < 4.78 is 43.6. The molecule has 1 amide bonds. The van der Waals surface area contributed by atoms with Crippen LogP contribution in [0.2, 0.25) is 0 Å². The van der Waals surface area contributed by atoms with Crippen LogP contribution in [0.1, 0.15) is 75.7 Å². The van der Waals surface area contributed by atoms with Gasteiger partial charge in [0.2, 0.25) is 10.0 Å². The number of hydrogen-bond acceptors (Lipinski definition) is 12. The number of cyclic esters (lactones) is 1. The number of fused-ring (bicyclic) bond motifs is 6. The van der Waals surface area contributed by atoms with Crippen molar-refractivity contribution in [3.05, 3.63) is 52.1 Å². The number of aryl methyl sites for hydroxylation is 1. The number of methoxy groups -OCH3 is 1. The van der Waals surface area contributed by atoms with E-state index in [9.17, 15) is 18.0 Å². The fourth-order valence-corrected chi connectivity index (χ4v) is 10.9. The van der Waals surface area contributed by atoms with Crippen molar-refractivity contribution in [2.24, 2.45) is 5.41 Å². The summed E-state index contributed by atoms with van der Waals surface area (Å²) in [4.78, 5) is 42.7. The van der Waals surface area contributed by atoms with Crippen molar-refractivity contribution in [3.63, 3.8) is 0 Å². The van der Waals surface area contributed by atoms with Gasteiger partial charge in [-0.3, -0.25) is 19.6 Å². The lowest BCUT2D eigenvalue weighted by atomic mass is 9.84. The highest BCUT2D eigenvalue weighted by Gasteiger charge is 2.41. The van der Waals surface area contributed by atoms with Crippen molar-refractivity contribution in [1.82, 2.24) is 34.6 Å². The van der Waals surface area contributed by atoms with E-state index in [1.165, 1.54) is 16.3 Å². The molecule has 19 heteroatoms. The molecule has 0 radical (unpaired) electrons. The number of nitrogens with zero attached hydrogens (tertiary/aromatic N) is 6. The molecule has 8 rings (SSSR count). The predicted octanol–water partition coefficient (Wildman–Crippen LogP) is 5.26. The summed E-state index contributed by atoms with van der Waals surface area (Å²) in [5, 5.41) is 4.58. The molecule has 3 atom stereocenters. The van der Waals surface area contributed by atoms with E-state index in [2.05, 4.69) is 76.6 Å². The number of likely N-dealkylation sites (N-methyl/N-ethyl adjacent to an activating group) is 1. The van der Waals surface area contributed by atoms with Gasteiger partial charge in [0.25, 0.3) is 5.91 Å². The lowest BCUT2D eigenvalue weighted by Crippen LogP contribution is -2.60. The Labute approximate surface area is 384 Å². The van der Waals surface area contributed by atoms with Crippen LogP contribution in [0.25, 0.3) is 33.4 Å². The molecule has 14 nitrogen and oxygen atoms in total. The Bertz CT molecular complexity index is 2310. The number of sulfonamides is 1. The molecule has 1 saturated carbocycles. The topological polar surface area (TPSA) is 151 Å². The average molecular weight is 935 g/mol. The zero-order valence-electron chi connectivity index (χ0n) is 35.9. The Morgan fingerprint density at radius 2 is 1.80 bits per heavy atom. The van der Waals surface area contributed by atoms with E-state index >= 15 is 0 Å². The summed E-state index contributed by atoms with van der Waals surface area (Å²) in [7, 11) is 0.153. The third kappa shape index (κ3) is 10.4. The molecule has 1 aromatic carbocycles. The van der Waals surface area contributed by atoms with Crippen molar-refractivity contribution in [2.45, 2.75) is 96.2 Å². The van der Waals surface area contributed by atoms with Gasteiger partial charge in [-0.2, -0.15) is 40.5 Å². The van der Waals surface area contributed by atoms with Crippen LogP contribution in [-0.4, -0.2) is 116 Å². The number of carbonyl (C=O) groups is 2. The third-order valence-electron chi connectivity index (χ3n) is 12.0. The first kappa shape index (κ1) is 49.1. The van der Waals surface area contributed by atoms with Gasteiger partial charge in [-0.15, -0.1) is 11.3 Å². The molecular weight excluding hydrogens is 873 g/mol. The Morgan fingerprint density at radius 3 is 2.49 bits per heavy atom. The molecule has 3 aliphatic heterocycles. The summed E-state index contributed by atoms with van der Waals surface area (Å²) in [6, 6.07) is 6.88. The molecule has 1 aliphatic carbocycles. The summed E-state index contributed by atoms with van der Waals surface area (Å²) in [5.74, 6) is -0.877. The van der Waals surface area contributed by atoms with Crippen molar-refractivity contribution in [2.75, 3.05) is 58.4 Å². The number of hydrazine groups is 1. The number of pyridine rings is 1. The first-order valence-electron chi connectivity index (χ1n) is 20.6. The summed E-state index contributed by atoms with van der Waals surface area (Å²) >= 11 is 1.41. The highest BCUT2D eigenvalue weighted by molar-refractivity contribution is 7.90. The molecule has 4 aliphatic rings.